The molecule has 2 aromatic heterocycles. The van der Waals surface area contributed by atoms with Crippen molar-refractivity contribution in [1.82, 2.24) is 20.1 Å². The summed E-state index contributed by atoms with van der Waals surface area (Å²) >= 11 is 0. The molecule has 1 N–H and O–H groups in total. The van der Waals surface area contributed by atoms with Gasteiger partial charge in [-0.2, -0.15) is 5.10 Å². The first-order valence-electron chi connectivity index (χ1n) is 6.27. The number of rotatable bonds is 4. The third-order valence-corrected chi connectivity index (χ3v) is 2.91. The van der Waals surface area contributed by atoms with Crippen molar-refractivity contribution in [3.8, 4) is 0 Å². The number of aromatic nitrogens is 3. The molecule has 0 saturated heterocycles. The van der Waals surface area contributed by atoms with E-state index in [1.54, 1.807) is 10.9 Å². The molecule has 0 aliphatic heterocycles. The van der Waals surface area contributed by atoms with Crippen molar-refractivity contribution >= 4 is 5.91 Å². The van der Waals surface area contributed by atoms with Gasteiger partial charge in [0.1, 0.15) is 6.54 Å². The van der Waals surface area contributed by atoms with E-state index < -0.39 is 0 Å². The number of carbonyl (C=O) groups excluding carboxylic acids is 1. The summed E-state index contributed by atoms with van der Waals surface area (Å²) in [6.45, 7) is 6.01. The van der Waals surface area contributed by atoms with Gasteiger partial charge in [0.25, 0.3) is 0 Å². The topological polar surface area (TPSA) is 59.8 Å². The maximum Gasteiger partial charge on any atom is 0.242 e. The first-order chi connectivity index (χ1) is 9.06. The zero-order valence-electron chi connectivity index (χ0n) is 11.4. The normalized spacial score (nSPS) is 12.2. The smallest absolute Gasteiger partial charge is 0.242 e. The number of carbonyl (C=O) groups is 1. The predicted molar refractivity (Wildman–Crippen MR) is 72.5 cm³/mol. The number of hydrogen-bond donors (Lipinski definition) is 1. The summed E-state index contributed by atoms with van der Waals surface area (Å²) < 4.78 is 1.70. The van der Waals surface area contributed by atoms with E-state index in [-0.39, 0.29) is 18.5 Å². The summed E-state index contributed by atoms with van der Waals surface area (Å²) in [6.07, 6.45) is 1.72. The van der Waals surface area contributed by atoms with E-state index in [4.69, 9.17) is 0 Å². The zero-order valence-corrected chi connectivity index (χ0v) is 11.4. The predicted octanol–water partition coefficient (Wildman–Crippen LogP) is 1.77. The Kier molecular flexibility index (Phi) is 3.94. The molecule has 2 rings (SSSR count). The third kappa shape index (κ3) is 3.40. The van der Waals surface area contributed by atoms with Crippen LogP contribution in [0.4, 0.5) is 0 Å². The Hall–Kier alpha value is -2.17. The minimum atomic E-state index is -0.106. The fourth-order valence-corrected chi connectivity index (χ4v) is 1.96. The van der Waals surface area contributed by atoms with Crippen LogP contribution in [0.5, 0.6) is 0 Å². The van der Waals surface area contributed by atoms with Gasteiger partial charge >= 0.3 is 0 Å². The van der Waals surface area contributed by atoms with E-state index >= 15 is 0 Å². The molecule has 0 unspecified atom stereocenters. The molecule has 0 aliphatic carbocycles. The van der Waals surface area contributed by atoms with Crippen LogP contribution in [0, 0.1) is 13.8 Å². The number of nitrogens with zero attached hydrogens (tertiary/aromatic N) is 3. The second kappa shape index (κ2) is 5.65. The molecule has 0 fully saturated rings. The van der Waals surface area contributed by atoms with Gasteiger partial charge in [-0.15, -0.1) is 0 Å². The summed E-state index contributed by atoms with van der Waals surface area (Å²) in [6, 6.07) is 7.51. The van der Waals surface area contributed by atoms with E-state index in [2.05, 4.69) is 15.4 Å². The second-order valence-electron chi connectivity index (χ2n) is 4.63. The number of amides is 1. The fraction of sp³-hybridized carbons (Fsp3) is 0.357. The Morgan fingerprint density at radius 2 is 2.21 bits per heavy atom. The summed E-state index contributed by atoms with van der Waals surface area (Å²) in [4.78, 5) is 16.2. The fourth-order valence-electron chi connectivity index (χ4n) is 1.96. The molecule has 2 heterocycles. The molecule has 0 aliphatic rings. The molecule has 0 bridgehead atoms. The Bertz CT molecular complexity index is 562. The largest absolute Gasteiger partial charge is 0.346 e. The molecular formula is C14H18N4O. The van der Waals surface area contributed by atoms with E-state index in [9.17, 15) is 4.79 Å². The standard InChI is InChI=1S/C14H18N4O/c1-10-8-11(2)18(17-10)9-14(19)16-12(3)13-6-4-5-7-15-13/h4-8,12H,9H2,1-3H3,(H,16,19)/t12-/m0/s1. The van der Waals surface area contributed by atoms with Gasteiger partial charge in [-0.1, -0.05) is 6.07 Å². The van der Waals surface area contributed by atoms with E-state index in [1.165, 1.54) is 0 Å². The Labute approximate surface area is 112 Å². The van der Waals surface area contributed by atoms with E-state index in [1.807, 2.05) is 45.0 Å². The average Bonchev–Trinajstić information content (AvgIpc) is 2.68. The van der Waals surface area contributed by atoms with Gasteiger partial charge in [-0.05, 0) is 39.0 Å². The highest BCUT2D eigenvalue weighted by Gasteiger charge is 2.12. The lowest BCUT2D eigenvalue weighted by Crippen LogP contribution is -2.31. The van der Waals surface area contributed by atoms with Crippen molar-refractivity contribution in [2.45, 2.75) is 33.4 Å². The van der Waals surface area contributed by atoms with Crippen LogP contribution in [0.3, 0.4) is 0 Å². The molecule has 2 aromatic rings. The summed E-state index contributed by atoms with van der Waals surface area (Å²) in [5, 5.41) is 7.19. The van der Waals surface area contributed by atoms with E-state index in [0.717, 1.165) is 17.1 Å². The maximum atomic E-state index is 12.0. The van der Waals surface area contributed by atoms with Crippen molar-refractivity contribution in [1.29, 1.82) is 0 Å². The van der Waals surface area contributed by atoms with Gasteiger partial charge in [0.15, 0.2) is 0 Å². The lowest BCUT2D eigenvalue weighted by Gasteiger charge is -2.13. The first-order valence-corrected chi connectivity index (χ1v) is 6.27. The second-order valence-corrected chi connectivity index (χ2v) is 4.63. The summed E-state index contributed by atoms with van der Waals surface area (Å²) in [7, 11) is 0. The molecule has 0 saturated carbocycles. The third-order valence-electron chi connectivity index (χ3n) is 2.91. The molecule has 0 radical (unpaired) electrons. The Morgan fingerprint density at radius 1 is 1.42 bits per heavy atom. The van der Waals surface area contributed by atoms with Crippen LogP contribution in [-0.4, -0.2) is 20.7 Å². The average molecular weight is 258 g/mol. The highest BCUT2D eigenvalue weighted by Crippen LogP contribution is 2.08. The first kappa shape index (κ1) is 13.3. The number of aryl methyl sites for hydroxylation is 2. The molecule has 100 valence electrons. The quantitative estimate of drug-likeness (QED) is 0.909. The molecule has 1 amide bonds. The van der Waals surface area contributed by atoms with Gasteiger partial charge in [-0.3, -0.25) is 14.5 Å². The zero-order chi connectivity index (χ0) is 13.8. The van der Waals surface area contributed by atoms with Crippen LogP contribution in [0.15, 0.2) is 30.5 Å². The van der Waals surface area contributed by atoms with Crippen molar-refractivity contribution in [2.75, 3.05) is 0 Å². The maximum absolute atomic E-state index is 12.0. The van der Waals surface area contributed by atoms with Crippen LogP contribution in [0.25, 0.3) is 0 Å². The minimum absolute atomic E-state index is 0.0654. The van der Waals surface area contributed by atoms with Gasteiger partial charge < -0.3 is 5.32 Å². The summed E-state index contributed by atoms with van der Waals surface area (Å²) in [5.41, 5.74) is 2.76. The Morgan fingerprint density at radius 3 is 2.79 bits per heavy atom. The van der Waals surface area contributed by atoms with Gasteiger partial charge in [-0.25, -0.2) is 0 Å². The molecule has 0 aromatic carbocycles. The monoisotopic (exact) mass is 258 g/mol. The van der Waals surface area contributed by atoms with E-state index in [0.29, 0.717) is 0 Å². The highest BCUT2D eigenvalue weighted by atomic mass is 16.2. The molecule has 1 atom stereocenters. The Balaban J connectivity index is 1.96. The minimum Gasteiger partial charge on any atom is -0.346 e. The van der Waals surface area contributed by atoms with Gasteiger partial charge in [0, 0.05) is 11.9 Å². The lowest BCUT2D eigenvalue weighted by atomic mass is 10.2. The van der Waals surface area contributed by atoms with Crippen molar-refractivity contribution < 1.29 is 4.79 Å². The number of nitrogens with one attached hydrogen (secondary N) is 1. The van der Waals surface area contributed by atoms with Crippen LogP contribution in [0.2, 0.25) is 0 Å². The molecule has 5 nitrogen and oxygen atoms in total. The van der Waals surface area contributed by atoms with Gasteiger partial charge in [0.05, 0.1) is 17.4 Å². The number of pyridine rings is 1. The summed E-state index contributed by atoms with van der Waals surface area (Å²) in [5.74, 6) is -0.0654. The van der Waals surface area contributed by atoms with Crippen LogP contribution in [-0.2, 0) is 11.3 Å². The van der Waals surface area contributed by atoms with Gasteiger partial charge in [0.2, 0.25) is 5.91 Å². The van der Waals surface area contributed by atoms with Crippen LogP contribution in [0.1, 0.15) is 30.0 Å². The molecular weight excluding hydrogens is 240 g/mol. The van der Waals surface area contributed by atoms with Crippen LogP contribution >= 0.6 is 0 Å². The van der Waals surface area contributed by atoms with Crippen molar-refractivity contribution in [3.05, 3.63) is 47.5 Å². The molecule has 5 heteroatoms. The molecule has 19 heavy (non-hydrogen) atoms. The lowest BCUT2D eigenvalue weighted by molar-refractivity contribution is -0.122. The highest BCUT2D eigenvalue weighted by molar-refractivity contribution is 5.76. The van der Waals surface area contributed by atoms with Crippen LogP contribution < -0.4 is 5.32 Å². The molecule has 0 spiro atoms. The SMILES string of the molecule is Cc1cc(C)n(CC(=O)N[C@@H](C)c2ccccn2)n1. The van der Waals surface area contributed by atoms with Crippen molar-refractivity contribution in [2.24, 2.45) is 0 Å². The number of hydrogen-bond acceptors (Lipinski definition) is 3. The van der Waals surface area contributed by atoms with Crippen molar-refractivity contribution in [3.63, 3.8) is 0 Å².